The Morgan fingerprint density at radius 2 is 1.73 bits per heavy atom. The summed E-state index contributed by atoms with van der Waals surface area (Å²) in [6.45, 7) is 6.53. The first-order chi connectivity index (χ1) is 22.7. The molecule has 4 aromatic rings. The summed E-state index contributed by atoms with van der Waals surface area (Å²) in [6, 6.07) is 14.0. The number of nitrogens with zero attached hydrogens (tertiary/aromatic N) is 3. The standard InChI is InChI=1S/C36H33F4N3O5/c1-19-12-23(15-24(13-19)36(38,39)40)33-21(3)43(35(46)48-33)18-30-26(8-9-32(41-30)42-10-5-11-42)28-16-27(29(37)17-31(28)47-4)25-7-6-22(34(44)45)14-20(25)2/h6-9,12-17,21,33H,5,10-11,18H2,1-4H3,(H,44,45)/t21-,33-/m0/s1. The Hall–Kier alpha value is -5.13. The Kier molecular flexibility index (Phi) is 8.52. The molecule has 2 aliphatic rings. The van der Waals surface area contributed by atoms with Crippen LogP contribution in [0.25, 0.3) is 22.3 Å². The second-order valence-electron chi connectivity index (χ2n) is 12.2. The molecule has 1 aromatic heterocycles. The van der Waals surface area contributed by atoms with Gasteiger partial charge in [-0.1, -0.05) is 17.7 Å². The number of aromatic nitrogens is 1. The maximum atomic E-state index is 15.6. The van der Waals surface area contributed by atoms with Crippen LogP contribution in [0.1, 0.15) is 57.8 Å². The number of cyclic esters (lactones) is 1. The number of hydrogen-bond donors (Lipinski definition) is 1. The fourth-order valence-electron chi connectivity index (χ4n) is 6.28. The normalized spacial score (nSPS) is 17.7. The van der Waals surface area contributed by atoms with Crippen LogP contribution in [0, 0.1) is 19.7 Å². The molecule has 0 bridgehead atoms. The average molecular weight is 664 g/mol. The van der Waals surface area contributed by atoms with Gasteiger partial charge in [0, 0.05) is 35.8 Å². The number of carboxylic acids is 1. The lowest BCUT2D eigenvalue weighted by atomic mass is 9.93. The Bertz CT molecular complexity index is 1920. The summed E-state index contributed by atoms with van der Waals surface area (Å²) >= 11 is 0. The predicted octanol–water partition coefficient (Wildman–Crippen LogP) is 8.19. The van der Waals surface area contributed by atoms with Crippen molar-refractivity contribution in [1.29, 1.82) is 0 Å². The molecule has 48 heavy (non-hydrogen) atoms. The van der Waals surface area contributed by atoms with Crippen LogP contribution in [-0.2, 0) is 17.5 Å². The molecule has 0 aliphatic carbocycles. The first-order valence-corrected chi connectivity index (χ1v) is 15.4. The summed E-state index contributed by atoms with van der Waals surface area (Å²) in [5, 5.41) is 9.41. The highest BCUT2D eigenvalue weighted by Crippen LogP contribution is 2.42. The van der Waals surface area contributed by atoms with E-state index in [1.165, 1.54) is 30.2 Å². The number of pyridine rings is 1. The third-order valence-corrected chi connectivity index (χ3v) is 8.95. The molecule has 0 spiro atoms. The number of benzene rings is 3. The molecule has 0 radical (unpaired) electrons. The number of aromatic carboxylic acids is 1. The third kappa shape index (κ3) is 6.14. The zero-order valence-electron chi connectivity index (χ0n) is 26.7. The van der Waals surface area contributed by atoms with Gasteiger partial charge in [-0.05, 0) is 86.3 Å². The molecule has 2 atom stereocenters. The van der Waals surface area contributed by atoms with E-state index in [0.29, 0.717) is 39.3 Å². The van der Waals surface area contributed by atoms with E-state index in [1.807, 2.05) is 12.1 Å². The number of rotatable bonds is 8. The van der Waals surface area contributed by atoms with Gasteiger partial charge < -0.3 is 19.5 Å². The van der Waals surface area contributed by atoms with E-state index in [4.69, 9.17) is 14.5 Å². The van der Waals surface area contributed by atoms with Crippen molar-refractivity contribution in [1.82, 2.24) is 9.88 Å². The minimum absolute atomic E-state index is 0.0480. The second kappa shape index (κ2) is 12.5. The number of carbonyl (C=O) groups is 2. The lowest BCUT2D eigenvalue weighted by molar-refractivity contribution is -0.137. The van der Waals surface area contributed by atoms with Crippen LogP contribution in [0.3, 0.4) is 0 Å². The summed E-state index contributed by atoms with van der Waals surface area (Å²) in [5.41, 5.74) is 2.63. The van der Waals surface area contributed by atoms with Crippen LogP contribution < -0.4 is 9.64 Å². The number of carboxylic acid groups (broad SMARTS) is 1. The molecule has 12 heteroatoms. The van der Waals surface area contributed by atoms with Gasteiger partial charge in [-0.25, -0.2) is 19.0 Å². The zero-order valence-corrected chi connectivity index (χ0v) is 26.7. The third-order valence-electron chi connectivity index (χ3n) is 8.95. The number of halogens is 4. The lowest BCUT2D eigenvalue weighted by Crippen LogP contribution is -2.38. The summed E-state index contributed by atoms with van der Waals surface area (Å²) in [7, 11) is 1.41. The fraction of sp³-hybridized carbons (Fsp3) is 0.306. The molecule has 0 saturated carbocycles. The summed E-state index contributed by atoms with van der Waals surface area (Å²) in [6.07, 6.45) is -5.22. The highest BCUT2D eigenvalue weighted by atomic mass is 19.4. The summed E-state index contributed by atoms with van der Waals surface area (Å²) < 4.78 is 67.7. The second-order valence-corrected chi connectivity index (χ2v) is 12.2. The van der Waals surface area contributed by atoms with Crippen molar-refractivity contribution in [2.24, 2.45) is 0 Å². The summed E-state index contributed by atoms with van der Waals surface area (Å²) in [5.74, 6) is -0.778. The van der Waals surface area contributed by atoms with E-state index in [9.17, 15) is 27.9 Å². The monoisotopic (exact) mass is 663 g/mol. The van der Waals surface area contributed by atoms with Crippen molar-refractivity contribution in [3.8, 4) is 28.0 Å². The molecule has 3 heterocycles. The highest BCUT2D eigenvalue weighted by Gasteiger charge is 2.42. The van der Waals surface area contributed by atoms with E-state index >= 15 is 4.39 Å². The number of carbonyl (C=O) groups excluding carboxylic acids is 1. The van der Waals surface area contributed by atoms with Gasteiger partial charge in [0.15, 0.2) is 0 Å². The van der Waals surface area contributed by atoms with Crippen LogP contribution in [0.4, 0.5) is 28.2 Å². The largest absolute Gasteiger partial charge is 0.496 e. The Morgan fingerprint density at radius 1 is 1.00 bits per heavy atom. The van der Waals surface area contributed by atoms with Gasteiger partial charge in [-0.3, -0.25) is 4.90 Å². The summed E-state index contributed by atoms with van der Waals surface area (Å²) in [4.78, 5) is 33.3. The lowest BCUT2D eigenvalue weighted by Gasteiger charge is -2.33. The van der Waals surface area contributed by atoms with Gasteiger partial charge in [-0.2, -0.15) is 13.2 Å². The number of hydrogen-bond acceptors (Lipinski definition) is 6. The van der Waals surface area contributed by atoms with Crippen LogP contribution in [-0.4, -0.2) is 53.3 Å². The van der Waals surface area contributed by atoms with Crippen molar-refractivity contribution < 1.29 is 41.7 Å². The van der Waals surface area contributed by atoms with E-state index in [0.717, 1.165) is 31.6 Å². The number of methoxy groups -OCH3 is 1. The van der Waals surface area contributed by atoms with Crippen molar-refractivity contribution in [3.05, 3.63) is 100.0 Å². The van der Waals surface area contributed by atoms with Crippen molar-refractivity contribution in [2.75, 3.05) is 25.1 Å². The van der Waals surface area contributed by atoms with Gasteiger partial charge in [0.05, 0.1) is 36.5 Å². The van der Waals surface area contributed by atoms with Crippen LogP contribution in [0.2, 0.25) is 0 Å². The van der Waals surface area contributed by atoms with Crippen LogP contribution in [0.5, 0.6) is 5.75 Å². The van der Waals surface area contributed by atoms with Crippen molar-refractivity contribution >= 4 is 17.9 Å². The predicted molar refractivity (Wildman–Crippen MR) is 171 cm³/mol. The van der Waals surface area contributed by atoms with E-state index < -0.39 is 41.8 Å². The topological polar surface area (TPSA) is 92.2 Å². The number of ether oxygens (including phenoxy) is 2. The number of anilines is 1. The van der Waals surface area contributed by atoms with Crippen molar-refractivity contribution in [3.63, 3.8) is 0 Å². The molecule has 2 fully saturated rings. The van der Waals surface area contributed by atoms with Crippen molar-refractivity contribution in [2.45, 2.75) is 52.1 Å². The van der Waals surface area contributed by atoms with Gasteiger partial charge in [0.25, 0.3) is 0 Å². The molecule has 1 amide bonds. The molecule has 250 valence electrons. The Labute approximate surface area is 274 Å². The van der Waals surface area contributed by atoms with E-state index in [1.54, 1.807) is 39.0 Å². The van der Waals surface area contributed by atoms with Gasteiger partial charge >= 0.3 is 18.2 Å². The maximum Gasteiger partial charge on any atom is 0.416 e. The number of aryl methyl sites for hydroxylation is 2. The van der Waals surface area contributed by atoms with Crippen LogP contribution >= 0.6 is 0 Å². The Morgan fingerprint density at radius 3 is 2.35 bits per heavy atom. The molecule has 0 unspecified atom stereocenters. The fourth-order valence-corrected chi connectivity index (χ4v) is 6.28. The van der Waals surface area contributed by atoms with Gasteiger partial charge in [0.2, 0.25) is 0 Å². The van der Waals surface area contributed by atoms with E-state index in [-0.39, 0.29) is 29.0 Å². The molecular weight excluding hydrogens is 630 g/mol. The average Bonchev–Trinajstić information content (AvgIpc) is 3.28. The molecule has 6 rings (SSSR count). The first-order valence-electron chi connectivity index (χ1n) is 15.4. The van der Waals surface area contributed by atoms with Gasteiger partial charge in [0.1, 0.15) is 23.5 Å². The van der Waals surface area contributed by atoms with Crippen LogP contribution in [0.15, 0.2) is 60.7 Å². The molecule has 8 nitrogen and oxygen atoms in total. The molecule has 1 N–H and O–H groups in total. The molecule has 3 aromatic carbocycles. The molecular formula is C36H33F4N3O5. The highest BCUT2D eigenvalue weighted by molar-refractivity contribution is 5.89. The molecule has 2 saturated heterocycles. The quantitative estimate of drug-likeness (QED) is 0.190. The zero-order chi connectivity index (χ0) is 34.5. The number of alkyl halides is 3. The first kappa shape index (κ1) is 32.8. The SMILES string of the molecule is COc1cc(F)c(-c2ccc(C(=O)O)cc2C)cc1-c1ccc(N2CCC2)nc1CN1C(=O)O[C@H](c2cc(C)cc(C(F)(F)F)c2)[C@@H]1C. The minimum atomic E-state index is -4.56. The minimum Gasteiger partial charge on any atom is -0.496 e. The van der Waals surface area contributed by atoms with E-state index in [2.05, 4.69) is 4.90 Å². The Balaban J connectivity index is 1.42. The van der Waals surface area contributed by atoms with Gasteiger partial charge in [-0.15, -0.1) is 0 Å². The number of amides is 1. The maximum absolute atomic E-state index is 15.6. The smallest absolute Gasteiger partial charge is 0.416 e. The molecule has 2 aliphatic heterocycles.